The second kappa shape index (κ2) is 6.67. The molecule has 2 aromatic heterocycles. The van der Waals surface area contributed by atoms with E-state index in [0.29, 0.717) is 13.1 Å². The zero-order valence-corrected chi connectivity index (χ0v) is 14.6. The molecule has 0 bridgehead atoms. The number of thiophene rings is 1. The number of halogens is 1. The molecule has 0 aliphatic carbocycles. The number of amides is 1. The smallest absolute Gasteiger partial charge is 0.246 e. The third kappa shape index (κ3) is 3.99. The quantitative estimate of drug-likeness (QED) is 0.755. The minimum absolute atomic E-state index is 0.0914. The average Bonchev–Trinajstić information content (AvgIpc) is 3.06. The minimum atomic E-state index is -0.250. The van der Waals surface area contributed by atoms with Crippen LogP contribution in [-0.4, -0.2) is 27.1 Å². The first-order valence-electron chi connectivity index (χ1n) is 6.96. The zero-order chi connectivity index (χ0) is 16.3. The molecular weight excluding hydrogens is 318 g/mol. The molecule has 2 heterocycles. The highest BCUT2D eigenvalue weighted by Crippen LogP contribution is 2.26. The highest BCUT2D eigenvalue weighted by Gasteiger charge is 2.28. The van der Waals surface area contributed by atoms with E-state index in [1.807, 2.05) is 30.8 Å². The van der Waals surface area contributed by atoms with Crippen LogP contribution in [0.2, 0.25) is 4.34 Å². The molecule has 4 nitrogen and oxygen atoms in total. The molecule has 0 radical (unpaired) electrons. The van der Waals surface area contributed by atoms with E-state index in [9.17, 15) is 4.79 Å². The molecule has 0 aliphatic rings. The maximum Gasteiger partial charge on any atom is 0.246 e. The molecule has 1 amide bonds. The number of hydrogen-bond donors (Lipinski definition) is 0. The summed E-state index contributed by atoms with van der Waals surface area (Å²) in [5.41, 5.74) is 1.74. The minimum Gasteiger partial charge on any atom is -0.334 e. The molecule has 0 aromatic carbocycles. The number of hydrogen-bond acceptors (Lipinski definition) is 3. The van der Waals surface area contributed by atoms with Crippen LogP contribution >= 0.6 is 22.9 Å². The van der Waals surface area contributed by atoms with Crippen LogP contribution in [-0.2, 0) is 23.8 Å². The van der Waals surface area contributed by atoms with Crippen LogP contribution in [0.4, 0.5) is 0 Å². The summed E-state index contributed by atoms with van der Waals surface area (Å²) in [6.45, 7) is 8.84. The van der Waals surface area contributed by atoms with Crippen LogP contribution < -0.4 is 0 Å². The van der Waals surface area contributed by atoms with Gasteiger partial charge in [-0.1, -0.05) is 32.0 Å². The molecule has 22 heavy (non-hydrogen) atoms. The lowest BCUT2D eigenvalue weighted by Gasteiger charge is -2.31. The number of carbonyl (C=O) groups excluding carboxylic acids is 1. The SMILES string of the molecule is C=CC(=O)N(Cc1csc(Cl)c1)CC(C)(C)c1ccn(C)n1. The lowest BCUT2D eigenvalue weighted by atomic mass is 9.88. The predicted molar refractivity (Wildman–Crippen MR) is 91.2 cm³/mol. The van der Waals surface area contributed by atoms with Crippen LogP contribution in [0.1, 0.15) is 25.1 Å². The lowest BCUT2D eigenvalue weighted by molar-refractivity contribution is -0.127. The first-order chi connectivity index (χ1) is 10.3. The summed E-state index contributed by atoms with van der Waals surface area (Å²) in [6, 6.07) is 3.88. The molecule has 6 heteroatoms. The topological polar surface area (TPSA) is 38.1 Å². The van der Waals surface area contributed by atoms with Gasteiger partial charge in [0.1, 0.15) is 0 Å². The highest BCUT2D eigenvalue weighted by atomic mass is 35.5. The maximum absolute atomic E-state index is 12.2. The molecule has 0 fully saturated rings. The molecule has 2 rings (SSSR count). The van der Waals surface area contributed by atoms with Crippen molar-refractivity contribution in [1.29, 1.82) is 0 Å². The molecule has 0 saturated heterocycles. The molecule has 118 valence electrons. The fourth-order valence-corrected chi connectivity index (χ4v) is 3.22. The van der Waals surface area contributed by atoms with Gasteiger partial charge in [-0.2, -0.15) is 5.10 Å². The van der Waals surface area contributed by atoms with Gasteiger partial charge in [-0.3, -0.25) is 9.48 Å². The Balaban J connectivity index is 2.18. The molecular formula is C16H20ClN3OS. The number of nitrogens with zero attached hydrogens (tertiary/aromatic N) is 3. The molecule has 0 spiro atoms. The van der Waals surface area contributed by atoms with Gasteiger partial charge < -0.3 is 4.90 Å². The number of carbonyl (C=O) groups is 1. The van der Waals surface area contributed by atoms with Gasteiger partial charge >= 0.3 is 0 Å². The Kier molecular flexibility index (Phi) is 5.08. The van der Waals surface area contributed by atoms with Crippen LogP contribution in [0, 0.1) is 0 Å². The van der Waals surface area contributed by atoms with Crippen molar-refractivity contribution in [2.45, 2.75) is 25.8 Å². The van der Waals surface area contributed by atoms with Crippen LogP contribution in [0.15, 0.2) is 36.4 Å². The van der Waals surface area contributed by atoms with E-state index in [2.05, 4.69) is 25.5 Å². The summed E-state index contributed by atoms with van der Waals surface area (Å²) < 4.78 is 2.50. The number of aryl methyl sites for hydroxylation is 1. The summed E-state index contributed by atoms with van der Waals surface area (Å²) >= 11 is 7.44. The molecule has 2 aromatic rings. The van der Waals surface area contributed by atoms with Crippen molar-refractivity contribution in [2.75, 3.05) is 6.54 Å². The van der Waals surface area contributed by atoms with E-state index < -0.39 is 0 Å². The monoisotopic (exact) mass is 337 g/mol. The van der Waals surface area contributed by atoms with Crippen LogP contribution in [0.5, 0.6) is 0 Å². The van der Waals surface area contributed by atoms with E-state index in [1.54, 1.807) is 9.58 Å². The summed E-state index contributed by atoms with van der Waals surface area (Å²) in [4.78, 5) is 14.0. The van der Waals surface area contributed by atoms with Crippen molar-refractivity contribution < 1.29 is 4.79 Å². The largest absolute Gasteiger partial charge is 0.334 e. The van der Waals surface area contributed by atoms with E-state index in [1.165, 1.54) is 17.4 Å². The van der Waals surface area contributed by atoms with Gasteiger partial charge in [-0.05, 0) is 29.2 Å². The van der Waals surface area contributed by atoms with E-state index in [0.717, 1.165) is 15.6 Å². The molecule has 0 unspecified atom stereocenters. The second-order valence-corrected chi connectivity index (χ2v) is 7.46. The van der Waals surface area contributed by atoms with Gasteiger partial charge in [0.2, 0.25) is 5.91 Å². The van der Waals surface area contributed by atoms with Gasteiger partial charge in [0, 0.05) is 31.7 Å². The van der Waals surface area contributed by atoms with Crippen molar-refractivity contribution in [1.82, 2.24) is 14.7 Å². The van der Waals surface area contributed by atoms with Gasteiger partial charge in [-0.15, -0.1) is 11.3 Å². The van der Waals surface area contributed by atoms with Crippen molar-refractivity contribution in [3.05, 3.63) is 52.0 Å². The Morgan fingerprint density at radius 1 is 1.59 bits per heavy atom. The molecule has 0 saturated carbocycles. The van der Waals surface area contributed by atoms with Gasteiger partial charge in [-0.25, -0.2) is 0 Å². The number of aromatic nitrogens is 2. The van der Waals surface area contributed by atoms with Gasteiger partial charge in [0.15, 0.2) is 0 Å². The summed E-state index contributed by atoms with van der Waals surface area (Å²) in [5, 5.41) is 6.44. The van der Waals surface area contributed by atoms with E-state index >= 15 is 0 Å². The Morgan fingerprint density at radius 3 is 2.82 bits per heavy atom. The van der Waals surface area contributed by atoms with Crippen molar-refractivity contribution in [3.63, 3.8) is 0 Å². The van der Waals surface area contributed by atoms with Crippen molar-refractivity contribution in [3.8, 4) is 0 Å². The fraction of sp³-hybridized carbons (Fsp3) is 0.375. The Hall–Kier alpha value is -1.59. The van der Waals surface area contributed by atoms with Crippen molar-refractivity contribution in [2.24, 2.45) is 7.05 Å². The van der Waals surface area contributed by atoms with E-state index in [-0.39, 0.29) is 11.3 Å². The normalized spacial score (nSPS) is 11.5. The lowest BCUT2D eigenvalue weighted by Crippen LogP contribution is -2.40. The first kappa shape index (κ1) is 16.8. The summed E-state index contributed by atoms with van der Waals surface area (Å²) in [6.07, 6.45) is 3.26. The Bertz CT molecular complexity index is 674. The standard InChI is InChI=1S/C16H20ClN3OS/c1-5-15(21)20(9-12-8-14(17)22-10-12)11-16(2,3)13-6-7-19(4)18-13/h5-8,10H,1,9,11H2,2-4H3. The average molecular weight is 338 g/mol. The second-order valence-electron chi connectivity index (χ2n) is 5.92. The van der Waals surface area contributed by atoms with Gasteiger partial charge in [0.05, 0.1) is 10.0 Å². The van der Waals surface area contributed by atoms with Crippen LogP contribution in [0.3, 0.4) is 0 Å². The molecule has 0 atom stereocenters. The number of rotatable bonds is 6. The van der Waals surface area contributed by atoms with E-state index in [4.69, 9.17) is 11.6 Å². The maximum atomic E-state index is 12.2. The Labute approximate surface area is 140 Å². The zero-order valence-electron chi connectivity index (χ0n) is 13.0. The third-order valence-electron chi connectivity index (χ3n) is 3.47. The third-order valence-corrected chi connectivity index (χ3v) is 4.61. The Morgan fingerprint density at radius 2 is 2.32 bits per heavy atom. The summed E-state index contributed by atoms with van der Waals surface area (Å²) in [7, 11) is 1.89. The first-order valence-corrected chi connectivity index (χ1v) is 8.22. The molecule has 0 N–H and O–H groups in total. The highest BCUT2D eigenvalue weighted by molar-refractivity contribution is 7.14. The van der Waals surface area contributed by atoms with Crippen LogP contribution in [0.25, 0.3) is 0 Å². The predicted octanol–water partition coefficient (Wildman–Crippen LogP) is 3.63. The van der Waals surface area contributed by atoms with Crippen molar-refractivity contribution >= 4 is 28.8 Å². The van der Waals surface area contributed by atoms with Gasteiger partial charge in [0.25, 0.3) is 0 Å². The molecule has 0 aliphatic heterocycles. The summed E-state index contributed by atoms with van der Waals surface area (Å²) in [5.74, 6) is -0.0914. The fourth-order valence-electron chi connectivity index (χ4n) is 2.32.